The van der Waals surface area contributed by atoms with Crippen molar-refractivity contribution >= 4 is 23.5 Å². The molecule has 0 unspecified atom stereocenters. The standard InChI is InChI=1S/C23H32N2O6/c1-2-29-23(28)18(13-12-17-8-4-3-5-9-17)24-31-22(27)16-25-19-10-6-7-11-20(19)30-15-14-21(25)26/h6-7,10-11,17-18,24H,2-5,8-9,12-16H2,1H3/t18-/m0/s1. The van der Waals surface area contributed by atoms with Crippen LogP contribution in [0.2, 0.25) is 0 Å². The van der Waals surface area contributed by atoms with Crippen molar-refractivity contribution in [3.63, 3.8) is 0 Å². The van der Waals surface area contributed by atoms with Gasteiger partial charge >= 0.3 is 11.9 Å². The molecule has 1 atom stereocenters. The third kappa shape index (κ3) is 6.69. The van der Waals surface area contributed by atoms with Crippen molar-refractivity contribution in [1.29, 1.82) is 0 Å². The molecule has 1 heterocycles. The van der Waals surface area contributed by atoms with Crippen LogP contribution in [0.3, 0.4) is 0 Å². The zero-order valence-electron chi connectivity index (χ0n) is 18.1. The summed E-state index contributed by atoms with van der Waals surface area (Å²) in [7, 11) is 0. The van der Waals surface area contributed by atoms with Crippen LogP contribution in [0.15, 0.2) is 24.3 Å². The Balaban J connectivity index is 1.56. The molecule has 2 aliphatic rings. The fraction of sp³-hybridized carbons (Fsp3) is 0.609. The molecule has 3 rings (SSSR count). The third-order valence-corrected chi connectivity index (χ3v) is 5.79. The van der Waals surface area contributed by atoms with Crippen LogP contribution in [-0.2, 0) is 24.0 Å². The number of rotatable bonds is 9. The normalized spacial score (nSPS) is 17.8. The van der Waals surface area contributed by atoms with E-state index in [1.807, 2.05) is 6.07 Å². The fourth-order valence-electron chi connectivity index (χ4n) is 4.14. The number of ether oxygens (including phenoxy) is 2. The van der Waals surface area contributed by atoms with E-state index in [1.54, 1.807) is 25.1 Å². The number of carbonyl (C=O) groups is 3. The summed E-state index contributed by atoms with van der Waals surface area (Å²) < 4.78 is 10.7. The lowest BCUT2D eigenvalue weighted by Crippen LogP contribution is -2.43. The van der Waals surface area contributed by atoms with Gasteiger partial charge in [0.25, 0.3) is 0 Å². The first kappa shape index (κ1) is 23.1. The number of nitrogens with zero attached hydrogens (tertiary/aromatic N) is 1. The predicted octanol–water partition coefficient (Wildman–Crippen LogP) is 3.14. The van der Waals surface area contributed by atoms with Gasteiger partial charge in [-0.1, -0.05) is 44.2 Å². The number of anilines is 1. The first-order valence-corrected chi connectivity index (χ1v) is 11.2. The zero-order valence-corrected chi connectivity index (χ0v) is 18.1. The molecule has 1 aromatic carbocycles. The predicted molar refractivity (Wildman–Crippen MR) is 114 cm³/mol. The quantitative estimate of drug-likeness (QED) is 0.473. The maximum absolute atomic E-state index is 12.5. The van der Waals surface area contributed by atoms with Crippen molar-refractivity contribution in [3.8, 4) is 5.75 Å². The molecule has 0 aromatic heterocycles. The van der Waals surface area contributed by atoms with Gasteiger partial charge in [-0.05, 0) is 37.8 Å². The maximum atomic E-state index is 12.5. The first-order chi connectivity index (χ1) is 15.1. The number of carbonyl (C=O) groups excluding carboxylic acids is 3. The van der Waals surface area contributed by atoms with Crippen molar-refractivity contribution < 1.29 is 28.7 Å². The van der Waals surface area contributed by atoms with E-state index in [9.17, 15) is 14.4 Å². The van der Waals surface area contributed by atoms with Crippen LogP contribution < -0.4 is 15.1 Å². The number of benzene rings is 1. The van der Waals surface area contributed by atoms with Crippen molar-refractivity contribution in [2.45, 2.75) is 64.3 Å². The van der Waals surface area contributed by atoms with Crippen LogP contribution in [0.1, 0.15) is 58.3 Å². The molecule has 8 heteroatoms. The van der Waals surface area contributed by atoms with E-state index in [0.717, 1.165) is 6.42 Å². The molecule has 1 fully saturated rings. The van der Waals surface area contributed by atoms with E-state index in [2.05, 4.69) is 5.48 Å². The summed E-state index contributed by atoms with van der Waals surface area (Å²) in [6.07, 6.45) is 7.67. The molecule has 0 spiro atoms. The zero-order chi connectivity index (χ0) is 22.1. The van der Waals surface area contributed by atoms with E-state index in [1.165, 1.54) is 37.0 Å². The molecule has 1 amide bonds. The monoisotopic (exact) mass is 432 g/mol. The number of hydrogen-bond donors (Lipinski definition) is 1. The number of hydrogen-bond acceptors (Lipinski definition) is 7. The SMILES string of the molecule is CCOC(=O)[C@H](CCC1CCCCC1)NOC(=O)CN1C(=O)CCOc2ccccc21. The summed E-state index contributed by atoms with van der Waals surface area (Å²) in [6.45, 7) is 1.98. The molecule has 170 valence electrons. The molecule has 1 aromatic rings. The van der Waals surface area contributed by atoms with E-state index in [-0.39, 0.29) is 32.1 Å². The molecule has 0 radical (unpaired) electrons. The molecule has 1 N–H and O–H groups in total. The van der Waals surface area contributed by atoms with E-state index in [0.29, 0.717) is 23.8 Å². The van der Waals surface area contributed by atoms with Crippen LogP contribution in [-0.4, -0.2) is 43.6 Å². The van der Waals surface area contributed by atoms with Crippen LogP contribution in [0.4, 0.5) is 5.69 Å². The Kier molecular flexibility index (Phi) is 8.70. The van der Waals surface area contributed by atoms with Crippen LogP contribution in [0, 0.1) is 5.92 Å². The molecular formula is C23H32N2O6. The van der Waals surface area contributed by atoms with Gasteiger partial charge in [0.05, 0.1) is 25.3 Å². The summed E-state index contributed by atoms with van der Waals surface area (Å²) in [6, 6.07) is 6.35. The number of fused-ring (bicyclic) bond motifs is 1. The van der Waals surface area contributed by atoms with Gasteiger partial charge in [-0.2, -0.15) is 0 Å². The Bertz CT molecular complexity index is 762. The van der Waals surface area contributed by atoms with E-state index in [4.69, 9.17) is 14.3 Å². The minimum absolute atomic E-state index is 0.169. The lowest BCUT2D eigenvalue weighted by molar-refractivity contribution is -0.160. The van der Waals surface area contributed by atoms with E-state index >= 15 is 0 Å². The van der Waals surface area contributed by atoms with Gasteiger partial charge < -0.3 is 14.3 Å². The third-order valence-electron chi connectivity index (χ3n) is 5.79. The van der Waals surface area contributed by atoms with Crippen LogP contribution in [0.5, 0.6) is 5.75 Å². The van der Waals surface area contributed by atoms with Gasteiger partial charge in [0.1, 0.15) is 18.3 Å². The largest absolute Gasteiger partial charge is 0.491 e. The van der Waals surface area contributed by atoms with E-state index < -0.39 is 18.0 Å². The molecular weight excluding hydrogens is 400 g/mol. The Morgan fingerprint density at radius 1 is 1.23 bits per heavy atom. The Morgan fingerprint density at radius 2 is 2.00 bits per heavy atom. The highest BCUT2D eigenvalue weighted by molar-refractivity contribution is 5.99. The smallest absolute Gasteiger partial charge is 0.344 e. The molecule has 1 saturated carbocycles. The minimum atomic E-state index is -0.721. The second-order valence-corrected chi connectivity index (χ2v) is 8.02. The fourth-order valence-corrected chi connectivity index (χ4v) is 4.14. The molecule has 31 heavy (non-hydrogen) atoms. The average molecular weight is 433 g/mol. The van der Waals surface area contributed by atoms with Gasteiger partial charge in [0.15, 0.2) is 0 Å². The highest BCUT2D eigenvalue weighted by Gasteiger charge is 2.28. The van der Waals surface area contributed by atoms with Gasteiger partial charge in [-0.15, -0.1) is 5.48 Å². The number of amides is 1. The average Bonchev–Trinajstić information content (AvgIpc) is 2.93. The molecule has 1 aliphatic carbocycles. The summed E-state index contributed by atoms with van der Waals surface area (Å²) in [4.78, 5) is 43.8. The number of hydroxylamine groups is 1. The van der Waals surface area contributed by atoms with Gasteiger partial charge in [-0.25, -0.2) is 4.79 Å². The lowest BCUT2D eigenvalue weighted by atomic mass is 9.85. The molecule has 8 nitrogen and oxygen atoms in total. The van der Waals surface area contributed by atoms with Crippen molar-refractivity contribution in [1.82, 2.24) is 5.48 Å². The number of esters is 1. The van der Waals surface area contributed by atoms with Gasteiger partial charge in [-0.3, -0.25) is 14.5 Å². The number of nitrogens with one attached hydrogen (secondary N) is 1. The second kappa shape index (κ2) is 11.7. The first-order valence-electron chi connectivity index (χ1n) is 11.2. The minimum Gasteiger partial charge on any atom is -0.491 e. The van der Waals surface area contributed by atoms with Crippen molar-refractivity contribution in [2.75, 3.05) is 24.7 Å². The molecule has 0 saturated heterocycles. The Hall–Kier alpha value is -2.61. The van der Waals surface area contributed by atoms with Crippen molar-refractivity contribution in [3.05, 3.63) is 24.3 Å². The molecule has 0 bridgehead atoms. The summed E-state index contributed by atoms with van der Waals surface area (Å²) in [5.41, 5.74) is 3.12. The Morgan fingerprint density at radius 3 is 2.77 bits per heavy atom. The second-order valence-electron chi connectivity index (χ2n) is 8.02. The van der Waals surface area contributed by atoms with Crippen LogP contribution >= 0.6 is 0 Å². The highest BCUT2D eigenvalue weighted by Crippen LogP contribution is 2.31. The van der Waals surface area contributed by atoms with Gasteiger partial charge in [0, 0.05) is 0 Å². The Labute approximate surface area is 183 Å². The maximum Gasteiger partial charge on any atom is 0.344 e. The van der Waals surface area contributed by atoms with Crippen molar-refractivity contribution in [2.24, 2.45) is 5.92 Å². The highest BCUT2D eigenvalue weighted by atomic mass is 16.7. The summed E-state index contributed by atoms with van der Waals surface area (Å²) in [5, 5.41) is 0. The summed E-state index contributed by atoms with van der Waals surface area (Å²) in [5.74, 6) is -0.172. The summed E-state index contributed by atoms with van der Waals surface area (Å²) >= 11 is 0. The number of para-hydroxylation sites is 2. The topological polar surface area (TPSA) is 94.2 Å². The lowest BCUT2D eigenvalue weighted by Gasteiger charge is -2.24. The van der Waals surface area contributed by atoms with Gasteiger partial charge in [0.2, 0.25) is 5.91 Å². The molecule has 1 aliphatic heterocycles. The van der Waals surface area contributed by atoms with Crippen LogP contribution in [0.25, 0.3) is 0 Å².